The second-order valence-corrected chi connectivity index (χ2v) is 6.72. The molecule has 0 radical (unpaired) electrons. The maximum Gasteiger partial charge on any atom is 0.161 e. The molecule has 1 aliphatic heterocycles. The molecule has 3 aromatic rings. The first-order valence-corrected chi connectivity index (χ1v) is 8.94. The number of nitrogens with zero attached hydrogens (tertiary/aromatic N) is 2. The molecule has 26 heavy (non-hydrogen) atoms. The lowest BCUT2D eigenvalue weighted by molar-refractivity contribution is 0.120. The molecule has 0 amide bonds. The second-order valence-electron chi connectivity index (χ2n) is 6.29. The fourth-order valence-corrected chi connectivity index (χ4v) is 3.39. The summed E-state index contributed by atoms with van der Waals surface area (Å²) in [5.41, 5.74) is 2.39. The molecule has 6 nitrogen and oxygen atoms in total. The van der Waals surface area contributed by atoms with Gasteiger partial charge in [-0.15, -0.1) is 0 Å². The van der Waals surface area contributed by atoms with Crippen LogP contribution in [0.5, 0.6) is 11.5 Å². The average Bonchev–Trinajstić information content (AvgIpc) is 3.28. The van der Waals surface area contributed by atoms with Gasteiger partial charge >= 0.3 is 0 Å². The van der Waals surface area contributed by atoms with Crippen LogP contribution in [-0.2, 0) is 4.74 Å². The summed E-state index contributed by atoms with van der Waals surface area (Å²) >= 11 is 6.19. The van der Waals surface area contributed by atoms with E-state index < -0.39 is 0 Å². The number of ether oxygens (including phenoxy) is 2. The van der Waals surface area contributed by atoms with Crippen LogP contribution in [0.2, 0.25) is 5.02 Å². The summed E-state index contributed by atoms with van der Waals surface area (Å²) in [4.78, 5) is 4.74. The van der Waals surface area contributed by atoms with E-state index in [0.717, 1.165) is 42.2 Å². The van der Waals surface area contributed by atoms with Gasteiger partial charge in [0.05, 0.1) is 18.2 Å². The number of nitrogens with one attached hydrogen (secondary N) is 1. The van der Waals surface area contributed by atoms with Crippen molar-refractivity contribution in [1.29, 1.82) is 0 Å². The highest BCUT2D eigenvalue weighted by Gasteiger charge is 2.19. The number of methoxy groups -OCH3 is 1. The van der Waals surface area contributed by atoms with Gasteiger partial charge in [-0.3, -0.25) is 4.40 Å². The third-order valence-electron chi connectivity index (χ3n) is 4.56. The Bertz CT molecular complexity index is 935. The number of rotatable bonds is 5. The summed E-state index contributed by atoms with van der Waals surface area (Å²) in [6.45, 7) is 1.51. The summed E-state index contributed by atoms with van der Waals surface area (Å²) in [5, 5.41) is 14.0. The number of halogens is 1. The van der Waals surface area contributed by atoms with Crippen LogP contribution in [0.15, 0.2) is 36.5 Å². The van der Waals surface area contributed by atoms with Crippen LogP contribution in [0, 0.1) is 0 Å². The standard InChI is InChI=1S/C19H20ClN3O3/c1-25-16-9-12(4-6-15(16)24)18-19(21-10-14-3-2-8-26-14)23-11-13(20)5-7-17(23)22-18/h4-7,9,11,14,21,24H,2-3,8,10H2,1H3. The molecule has 2 N–H and O–H groups in total. The fourth-order valence-electron chi connectivity index (χ4n) is 3.23. The number of aromatic nitrogens is 2. The number of aromatic hydroxyl groups is 1. The number of fused-ring (bicyclic) bond motifs is 1. The molecular weight excluding hydrogens is 354 g/mol. The lowest BCUT2D eigenvalue weighted by Gasteiger charge is -2.13. The molecule has 1 aromatic carbocycles. The molecule has 0 spiro atoms. The van der Waals surface area contributed by atoms with E-state index in [1.165, 1.54) is 7.11 Å². The molecule has 3 heterocycles. The molecular formula is C19H20ClN3O3. The number of imidazole rings is 1. The van der Waals surface area contributed by atoms with Crippen LogP contribution >= 0.6 is 11.6 Å². The number of hydrogen-bond acceptors (Lipinski definition) is 5. The van der Waals surface area contributed by atoms with Crippen molar-refractivity contribution in [2.24, 2.45) is 0 Å². The van der Waals surface area contributed by atoms with E-state index >= 15 is 0 Å². The molecule has 1 saturated heterocycles. The van der Waals surface area contributed by atoms with Crippen LogP contribution in [0.3, 0.4) is 0 Å². The van der Waals surface area contributed by atoms with Crippen LogP contribution in [0.25, 0.3) is 16.9 Å². The number of pyridine rings is 1. The predicted octanol–water partition coefficient (Wildman–Crippen LogP) is 3.96. The minimum absolute atomic E-state index is 0.0944. The van der Waals surface area contributed by atoms with Gasteiger partial charge < -0.3 is 19.9 Å². The topological polar surface area (TPSA) is 68.0 Å². The first-order chi connectivity index (χ1) is 12.7. The van der Waals surface area contributed by atoms with Crippen LogP contribution in [-0.4, -0.2) is 40.9 Å². The molecule has 7 heteroatoms. The Balaban J connectivity index is 1.78. The number of benzene rings is 1. The van der Waals surface area contributed by atoms with E-state index in [1.54, 1.807) is 12.1 Å². The largest absolute Gasteiger partial charge is 0.504 e. The van der Waals surface area contributed by atoms with Crippen molar-refractivity contribution in [2.75, 3.05) is 25.6 Å². The summed E-state index contributed by atoms with van der Waals surface area (Å²) in [5.74, 6) is 1.34. The first kappa shape index (κ1) is 17.0. The molecule has 2 aromatic heterocycles. The molecule has 1 atom stereocenters. The Morgan fingerprint density at radius 1 is 1.38 bits per heavy atom. The maximum atomic E-state index is 9.87. The molecule has 1 fully saturated rings. The van der Waals surface area contributed by atoms with Crippen molar-refractivity contribution >= 4 is 23.1 Å². The zero-order valence-corrected chi connectivity index (χ0v) is 15.2. The SMILES string of the molecule is COc1cc(-c2nc3ccc(Cl)cn3c2NCC2CCCO2)ccc1O. The van der Waals surface area contributed by atoms with Crippen LogP contribution in [0.4, 0.5) is 5.82 Å². The highest BCUT2D eigenvalue weighted by atomic mass is 35.5. The van der Waals surface area contributed by atoms with Gasteiger partial charge in [-0.2, -0.15) is 0 Å². The summed E-state index contributed by atoms with van der Waals surface area (Å²) in [6, 6.07) is 8.89. The van der Waals surface area contributed by atoms with Gasteiger partial charge in [-0.1, -0.05) is 11.6 Å². The van der Waals surface area contributed by atoms with Crippen molar-refractivity contribution in [3.05, 3.63) is 41.6 Å². The number of anilines is 1. The Morgan fingerprint density at radius 3 is 3.04 bits per heavy atom. The molecule has 1 unspecified atom stereocenters. The van der Waals surface area contributed by atoms with E-state index in [2.05, 4.69) is 5.32 Å². The van der Waals surface area contributed by atoms with Crippen molar-refractivity contribution in [3.8, 4) is 22.8 Å². The molecule has 4 rings (SSSR count). The number of phenols is 1. The third-order valence-corrected chi connectivity index (χ3v) is 4.78. The third kappa shape index (κ3) is 3.18. The molecule has 1 aliphatic rings. The van der Waals surface area contributed by atoms with Gasteiger partial charge in [0.25, 0.3) is 0 Å². The Hall–Kier alpha value is -2.44. The van der Waals surface area contributed by atoms with E-state index in [0.29, 0.717) is 17.3 Å². The molecule has 0 bridgehead atoms. The van der Waals surface area contributed by atoms with Gasteiger partial charge in [-0.05, 0) is 43.2 Å². The summed E-state index contributed by atoms with van der Waals surface area (Å²) in [7, 11) is 1.53. The minimum Gasteiger partial charge on any atom is -0.504 e. The number of phenolic OH excluding ortho intramolecular Hbond substituents is 1. The summed E-state index contributed by atoms with van der Waals surface area (Å²) < 4.78 is 12.9. The monoisotopic (exact) mass is 373 g/mol. The van der Waals surface area contributed by atoms with Crippen LogP contribution < -0.4 is 10.1 Å². The maximum absolute atomic E-state index is 9.87. The Kier molecular flexibility index (Phi) is 4.61. The van der Waals surface area contributed by atoms with Gasteiger partial charge in [0.2, 0.25) is 0 Å². The normalized spacial score (nSPS) is 16.9. The summed E-state index contributed by atoms with van der Waals surface area (Å²) in [6.07, 6.45) is 4.17. The van der Waals surface area contributed by atoms with E-state index in [-0.39, 0.29) is 11.9 Å². The second kappa shape index (κ2) is 7.05. The quantitative estimate of drug-likeness (QED) is 0.708. The lowest BCUT2D eigenvalue weighted by atomic mass is 10.1. The van der Waals surface area contributed by atoms with Gasteiger partial charge in [-0.25, -0.2) is 4.98 Å². The first-order valence-electron chi connectivity index (χ1n) is 8.56. The van der Waals surface area contributed by atoms with Crippen LogP contribution in [0.1, 0.15) is 12.8 Å². The van der Waals surface area contributed by atoms with E-state index in [4.69, 9.17) is 26.1 Å². The molecule has 0 saturated carbocycles. The van der Waals surface area contributed by atoms with Crippen molar-refractivity contribution in [1.82, 2.24) is 9.38 Å². The Labute approximate surface area is 156 Å². The van der Waals surface area contributed by atoms with E-state index in [9.17, 15) is 5.11 Å². The Morgan fingerprint density at radius 2 is 2.27 bits per heavy atom. The van der Waals surface area contributed by atoms with Gasteiger partial charge in [0.1, 0.15) is 17.2 Å². The van der Waals surface area contributed by atoms with Crippen molar-refractivity contribution in [3.63, 3.8) is 0 Å². The lowest BCUT2D eigenvalue weighted by Crippen LogP contribution is -2.19. The fraction of sp³-hybridized carbons (Fsp3) is 0.316. The van der Waals surface area contributed by atoms with Gasteiger partial charge in [0.15, 0.2) is 11.5 Å². The zero-order valence-electron chi connectivity index (χ0n) is 14.4. The average molecular weight is 374 g/mol. The highest BCUT2D eigenvalue weighted by Crippen LogP contribution is 2.35. The minimum atomic E-state index is 0.0944. The van der Waals surface area contributed by atoms with E-state index in [1.807, 2.05) is 28.8 Å². The smallest absolute Gasteiger partial charge is 0.161 e. The predicted molar refractivity (Wildman–Crippen MR) is 101 cm³/mol. The van der Waals surface area contributed by atoms with Crippen molar-refractivity contribution < 1.29 is 14.6 Å². The molecule has 136 valence electrons. The number of hydrogen-bond donors (Lipinski definition) is 2. The van der Waals surface area contributed by atoms with Gasteiger partial charge in [0, 0.05) is 24.9 Å². The van der Waals surface area contributed by atoms with Crippen molar-refractivity contribution in [2.45, 2.75) is 18.9 Å². The molecule has 0 aliphatic carbocycles. The highest BCUT2D eigenvalue weighted by molar-refractivity contribution is 6.30. The zero-order chi connectivity index (χ0) is 18.1.